The van der Waals surface area contributed by atoms with Crippen molar-refractivity contribution in [2.45, 2.75) is 19.8 Å². The molecule has 0 heteroatoms. The van der Waals surface area contributed by atoms with Crippen LogP contribution in [0.2, 0.25) is 0 Å². The van der Waals surface area contributed by atoms with E-state index >= 15 is 0 Å². The number of hydrogen-bond donors (Lipinski definition) is 0. The van der Waals surface area contributed by atoms with Gasteiger partial charge in [0.1, 0.15) is 0 Å². The minimum absolute atomic E-state index is 0.368. The predicted molar refractivity (Wildman–Crippen MR) is 104 cm³/mol. The maximum atomic E-state index is 4.43. The Morgan fingerprint density at radius 1 is 1.00 bits per heavy atom. The molecule has 0 aromatic heterocycles. The maximum absolute atomic E-state index is 4.43. The van der Waals surface area contributed by atoms with Gasteiger partial charge in [-0.1, -0.05) is 91.9 Å². The third kappa shape index (κ3) is 2.59. The van der Waals surface area contributed by atoms with Crippen LogP contribution in [0.15, 0.2) is 90.0 Å². The summed E-state index contributed by atoms with van der Waals surface area (Å²) in [6, 6.07) is 19.5. The van der Waals surface area contributed by atoms with Crippen LogP contribution in [-0.4, -0.2) is 0 Å². The molecule has 0 amide bonds. The molecule has 1 atom stereocenters. The van der Waals surface area contributed by atoms with Crippen LogP contribution in [0.4, 0.5) is 0 Å². The average molecular weight is 310 g/mol. The molecule has 2 aliphatic carbocycles. The number of rotatable bonds is 3. The van der Waals surface area contributed by atoms with Gasteiger partial charge in [-0.25, -0.2) is 0 Å². The number of aryl methyl sites for hydroxylation is 1. The van der Waals surface area contributed by atoms with E-state index in [9.17, 15) is 0 Å². The summed E-state index contributed by atoms with van der Waals surface area (Å²) >= 11 is 0. The van der Waals surface area contributed by atoms with Crippen LogP contribution in [0.5, 0.6) is 0 Å². The summed E-state index contributed by atoms with van der Waals surface area (Å²) in [7, 11) is 0. The molecule has 2 aromatic carbocycles. The van der Waals surface area contributed by atoms with E-state index < -0.39 is 0 Å². The fourth-order valence-electron chi connectivity index (χ4n) is 3.77. The van der Waals surface area contributed by atoms with Gasteiger partial charge in [0.25, 0.3) is 0 Å². The lowest BCUT2D eigenvalue weighted by molar-refractivity contribution is 1.01. The zero-order valence-corrected chi connectivity index (χ0v) is 14.1. The highest BCUT2D eigenvalue weighted by atomic mass is 14.4. The van der Waals surface area contributed by atoms with Gasteiger partial charge in [-0.15, -0.1) is 0 Å². The number of allylic oxidation sites excluding steroid dienone is 6. The summed E-state index contributed by atoms with van der Waals surface area (Å²) in [5.41, 5.74) is 9.48. The molecule has 0 nitrogen and oxygen atoms in total. The fraction of sp³-hybridized carbons (Fsp3) is 0.167. The molecule has 0 aliphatic heterocycles. The number of fused-ring (bicyclic) bond motifs is 1. The summed E-state index contributed by atoms with van der Waals surface area (Å²) in [4.78, 5) is 0. The van der Waals surface area contributed by atoms with E-state index in [-0.39, 0.29) is 0 Å². The molecular formula is C24H22. The molecule has 118 valence electrons. The van der Waals surface area contributed by atoms with Gasteiger partial charge in [0.15, 0.2) is 0 Å². The highest BCUT2D eigenvalue weighted by Gasteiger charge is 2.34. The average Bonchev–Trinajstić information content (AvgIpc) is 3.17. The van der Waals surface area contributed by atoms with Crippen LogP contribution >= 0.6 is 0 Å². The topological polar surface area (TPSA) is 0 Å². The zero-order chi connectivity index (χ0) is 16.5. The van der Waals surface area contributed by atoms with E-state index in [0.717, 1.165) is 12.8 Å². The fourth-order valence-corrected chi connectivity index (χ4v) is 3.77. The minimum Gasteiger partial charge on any atom is -0.0946 e. The Kier molecular flexibility index (Phi) is 3.82. The molecule has 0 heterocycles. The van der Waals surface area contributed by atoms with Crippen LogP contribution in [0.1, 0.15) is 30.0 Å². The van der Waals surface area contributed by atoms with Crippen molar-refractivity contribution in [3.63, 3.8) is 0 Å². The largest absolute Gasteiger partial charge is 0.0946 e. The maximum Gasteiger partial charge on any atom is 0.0308 e. The standard InChI is InChI=1S/C24H22/c1-3-18-9-11-20(12-10-18)23-14-13-21-16-22(17(2)24(21)23)15-19-7-5-4-6-8-19/h4-15,24H,2-3,16H2,1H3. The van der Waals surface area contributed by atoms with Crippen LogP contribution in [0.3, 0.4) is 0 Å². The molecule has 1 saturated carbocycles. The monoisotopic (exact) mass is 310 g/mol. The van der Waals surface area contributed by atoms with Crippen molar-refractivity contribution < 1.29 is 0 Å². The first-order valence-electron chi connectivity index (χ1n) is 8.71. The molecule has 0 radical (unpaired) electrons. The van der Waals surface area contributed by atoms with Crippen molar-refractivity contribution in [3.05, 3.63) is 107 Å². The van der Waals surface area contributed by atoms with Gasteiger partial charge in [0, 0.05) is 5.92 Å². The Labute approximate surface area is 144 Å². The summed E-state index contributed by atoms with van der Waals surface area (Å²) in [6.07, 6.45) is 8.98. The van der Waals surface area contributed by atoms with E-state index in [1.807, 2.05) is 0 Å². The normalized spacial score (nSPS) is 21.0. The van der Waals surface area contributed by atoms with Gasteiger partial charge >= 0.3 is 0 Å². The predicted octanol–water partition coefficient (Wildman–Crippen LogP) is 6.23. The van der Waals surface area contributed by atoms with Crippen molar-refractivity contribution in [1.82, 2.24) is 0 Å². The van der Waals surface area contributed by atoms with Gasteiger partial charge in [-0.05, 0) is 46.3 Å². The molecule has 2 aromatic rings. The van der Waals surface area contributed by atoms with Crippen LogP contribution < -0.4 is 0 Å². The first kappa shape index (κ1) is 15.0. The Morgan fingerprint density at radius 2 is 1.75 bits per heavy atom. The molecule has 0 N–H and O–H groups in total. The van der Waals surface area contributed by atoms with E-state index in [4.69, 9.17) is 0 Å². The van der Waals surface area contributed by atoms with Crippen LogP contribution in [0, 0.1) is 5.92 Å². The van der Waals surface area contributed by atoms with E-state index in [2.05, 4.69) is 86.3 Å². The minimum atomic E-state index is 0.368. The SMILES string of the molecule is C=C1C(=Cc2ccccc2)CC2=CC=C(c3ccc(CC)cc3)C12. The van der Waals surface area contributed by atoms with E-state index in [1.165, 1.54) is 39.0 Å². The first-order chi connectivity index (χ1) is 11.8. The number of hydrogen-bond acceptors (Lipinski definition) is 0. The molecule has 24 heavy (non-hydrogen) atoms. The molecule has 0 saturated heterocycles. The van der Waals surface area contributed by atoms with Crippen molar-refractivity contribution in [2.75, 3.05) is 0 Å². The second-order valence-corrected chi connectivity index (χ2v) is 6.63. The second kappa shape index (κ2) is 6.13. The second-order valence-electron chi connectivity index (χ2n) is 6.63. The highest BCUT2D eigenvalue weighted by molar-refractivity contribution is 5.82. The summed E-state index contributed by atoms with van der Waals surface area (Å²) in [6.45, 7) is 6.63. The quantitative estimate of drug-likeness (QED) is 0.630. The lowest BCUT2D eigenvalue weighted by Gasteiger charge is -2.15. The van der Waals surface area contributed by atoms with Gasteiger partial charge in [0.05, 0.1) is 0 Å². The lowest BCUT2D eigenvalue weighted by Crippen LogP contribution is -2.00. The molecular weight excluding hydrogens is 288 g/mol. The Bertz CT molecular complexity index is 858. The van der Waals surface area contributed by atoms with Gasteiger partial charge < -0.3 is 0 Å². The highest BCUT2D eigenvalue weighted by Crippen LogP contribution is 2.50. The third-order valence-electron chi connectivity index (χ3n) is 5.15. The van der Waals surface area contributed by atoms with Gasteiger partial charge in [0.2, 0.25) is 0 Å². The van der Waals surface area contributed by atoms with E-state index in [1.54, 1.807) is 0 Å². The summed E-state index contributed by atoms with van der Waals surface area (Å²) < 4.78 is 0. The molecule has 4 rings (SSSR count). The van der Waals surface area contributed by atoms with Crippen molar-refractivity contribution in [1.29, 1.82) is 0 Å². The van der Waals surface area contributed by atoms with Crippen molar-refractivity contribution in [2.24, 2.45) is 5.92 Å². The molecule has 0 spiro atoms. The summed E-state index contributed by atoms with van der Waals surface area (Å²) in [5.74, 6) is 0.368. The smallest absolute Gasteiger partial charge is 0.0308 e. The Morgan fingerprint density at radius 3 is 2.46 bits per heavy atom. The summed E-state index contributed by atoms with van der Waals surface area (Å²) in [5, 5.41) is 0. The van der Waals surface area contributed by atoms with Gasteiger partial charge in [-0.3, -0.25) is 0 Å². The molecule has 0 bridgehead atoms. The van der Waals surface area contributed by atoms with Crippen molar-refractivity contribution in [3.8, 4) is 0 Å². The molecule has 2 aliphatic rings. The van der Waals surface area contributed by atoms with Crippen LogP contribution in [0.25, 0.3) is 11.6 Å². The van der Waals surface area contributed by atoms with Crippen molar-refractivity contribution >= 4 is 11.6 Å². The third-order valence-corrected chi connectivity index (χ3v) is 5.15. The lowest BCUT2D eigenvalue weighted by atomic mass is 9.89. The number of benzene rings is 2. The zero-order valence-electron chi connectivity index (χ0n) is 14.1. The Hall–Kier alpha value is -2.60. The molecule has 1 fully saturated rings. The first-order valence-corrected chi connectivity index (χ1v) is 8.71. The molecule has 1 unspecified atom stereocenters. The van der Waals surface area contributed by atoms with Crippen LogP contribution in [-0.2, 0) is 6.42 Å². The van der Waals surface area contributed by atoms with E-state index in [0.29, 0.717) is 5.92 Å². The van der Waals surface area contributed by atoms with Gasteiger partial charge in [-0.2, -0.15) is 0 Å². The Balaban J connectivity index is 1.62.